The van der Waals surface area contributed by atoms with E-state index in [-0.39, 0.29) is 12.5 Å². The summed E-state index contributed by atoms with van der Waals surface area (Å²) >= 11 is 0. The van der Waals surface area contributed by atoms with Crippen LogP contribution >= 0.6 is 0 Å². The van der Waals surface area contributed by atoms with Crippen LogP contribution in [0.1, 0.15) is 46.1 Å². The summed E-state index contributed by atoms with van der Waals surface area (Å²) in [4.78, 5) is 22.3. The molecular weight excluding hydrogens is 412 g/mol. The minimum Gasteiger partial charge on any atom is -0.352 e. The summed E-state index contributed by atoms with van der Waals surface area (Å²) in [6, 6.07) is 10.8. The summed E-state index contributed by atoms with van der Waals surface area (Å²) in [5.41, 5.74) is 3.13. The van der Waals surface area contributed by atoms with Gasteiger partial charge in [-0.3, -0.25) is 4.79 Å². The van der Waals surface area contributed by atoms with Crippen LogP contribution in [-0.2, 0) is 6.42 Å². The lowest BCUT2D eigenvalue weighted by molar-refractivity contribution is 0.0955. The van der Waals surface area contributed by atoms with E-state index in [0.29, 0.717) is 46.0 Å². The molecule has 0 bridgehead atoms. The average Bonchev–Trinajstić information content (AvgIpc) is 3.57. The second-order valence-corrected chi connectivity index (χ2v) is 8.04. The minimum atomic E-state index is -0.631. The van der Waals surface area contributed by atoms with Crippen molar-refractivity contribution in [2.45, 2.75) is 32.1 Å². The highest BCUT2D eigenvalue weighted by molar-refractivity contribution is 6.06. The van der Waals surface area contributed by atoms with Crippen LogP contribution in [0.5, 0.6) is 0 Å². The van der Waals surface area contributed by atoms with Gasteiger partial charge < -0.3 is 5.32 Å². The molecule has 5 rings (SSSR count). The number of benzene rings is 1. The molecule has 6 nitrogen and oxygen atoms in total. The first-order valence-electron chi connectivity index (χ1n) is 10.5. The van der Waals surface area contributed by atoms with Crippen molar-refractivity contribution in [1.29, 1.82) is 0 Å². The summed E-state index contributed by atoms with van der Waals surface area (Å²) in [5, 5.41) is 8.15. The number of fused-ring (bicyclic) bond motifs is 1. The maximum absolute atomic E-state index is 13.4. The van der Waals surface area contributed by atoms with Crippen LogP contribution < -0.4 is 5.32 Å². The molecule has 1 aromatic carbocycles. The molecule has 8 heteroatoms. The maximum Gasteiger partial charge on any atom is 0.252 e. The summed E-state index contributed by atoms with van der Waals surface area (Å²) in [6.07, 6.45) is 4.09. The smallest absolute Gasteiger partial charge is 0.252 e. The first kappa shape index (κ1) is 20.2. The Balaban J connectivity index is 1.47. The normalized spacial score (nSPS) is 13.5. The summed E-state index contributed by atoms with van der Waals surface area (Å²) in [5.74, 6) is -0.554. The number of hydrogen-bond acceptors (Lipinski definition) is 4. The van der Waals surface area contributed by atoms with Crippen LogP contribution in [0, 0.1) is 18.6 Å². The number of nitrogens with one attached hydrogen (secondary N) is 1. The SMILES string of the molecule is Cc1nn(-c2ccccn2)c2nc(C3CC3)cc(C(=O)NCCc3cc(F)cc(F)c3)c12. The third-order valence-corrected chi connectivity index (χ3v) is 5.56. The molecule has 0 spiro atoms. The standard InChI is InChI=1S/C24H21F2N5O/c1-14-22-19(24(32)28-9-7-15-10-17(25)12-18(26)11-15)13-20(16-5-6-16)29-23(22)31(30-14)21-4-2-3-8-27-21/h2-4,8,10-13,16H,5-7,9H2,1H3,(H,28,32). The highest BCUT2D eigenvalue weighted by atomic mass is 19.1. The number of halogens is 2. The minimum absolute atomic E-state index is 0.248. The second kappa shape index (κ2) is 8.11. The van der Waals surface area contributed by atoms with Crippen molar-refractivity contribution in [3.8, 4) is 5.82 Å². The Bertz CT molecular complexity index is 1290. The molecule has 1 fully saturated rings. The van der Waals surface area contributed by atoms with E-state index in [9.17, 15) is 13.6 Å². The Morgan fingerprint density at radius 3 is 2.62 bits per heavy atom. The first-order chi connectivity index (χ1) is 15.5. The van der Waals surface area contributed by atoms with E-state index in [2.05, 4.69) is 15.4 Å². The van der Waals surface area contributed by atoms with Gasteiger partial charge in [0.2, 0.25) is 0 Å². The summed E-state index contributed by atoms with van der Waals surface area (Å²) in [7, 11) is 0. The van der Waals surface area contributed by atoms with E-state index < -0.39 is 11.6 Å². The van der Waals surface area contributed by atoms with Crippen LogP contribution in [0.4, 0.5) is 8.78 Å². The third-order valence-electron chi connectivity index (χ3n) is 5.56. The molecule has 0 unspecified atom stereocenters. The van der Waals surface area contributed by atoms with Gasteiger partial charge in [-0.05, 0) is 62.1 Å². The highest BCUT2D eigenvalue weighted by Gasteiger charge is 2.29. The Morgan fingerprint density at radius 2 is 1.94 bits per heavy atom. The molecule has 1 aliphatic carbocycles. The predicted octanol–water partition coefficient (Wildman–Crippen LogP) is 4.25. The Hall–Kier alpha value is -3.68. The average molecular weight is 433 g/mol. The summed E-state index contributed by atoms with van der Waals surface area (Å²) < 4.78 is 28.5. The van der Waals surface area contributed by atoms with E-state index in [4.69, 9.17) is 4.98 Å². The second-order valence-electron chi connectivity index (χ2n) is 8.04. The molecule has 1 saturated carbocycles. The number of carbonyl (C=O) groups excluding carboxylic acids is 1. The van der Waals surface area contributed by atoms with Gasteiger partial charge in [0, 0.05) is 30.4 Å². The number of rotatable bonds is 6. The van der Waals surface area contributed by atoms with Crippen molar-refractivity contribution in [2.24, 2.45) is 0 Å². The molecule has 0 saturated heterocycles. The molecule has 3 aromatic heterocycles. The van der Waals surface area contributed by atoms with Gasteiger partial charge in [-0.2, -0.15) is 9.78 Å². The van der Waals surface area contributed by atoms with Crippen molar-refractivity contribution in [3.63, 3.8) is 0 Å². The zero-order valence-corrected chi connectivity index (χ0v) is 17.5. The third kappa shape index (κ3) is 3.95. The van der Waals surface area contributed by atoms with E-state index in [1.54, 1.807) is 10.9 Å². The fourth-order valence-electron chi connectivity index (χ4n) is 3.89. The number of amides is 1. The van der Waals surface area contributed by atoms with Gasteiger partial charge >= 0.3 is 0 Å². The molecule has 0 aliphatic heterocycles. The van der Waals surface area contributed by atoms with Gasteiger partial charge in [0.1, 0.15) is 11.6 Å². The fourth-order valence-corrected chi connectivity index (χ4v) is 3.89. The molecule has 162 valence electrons. The topological polar surface area (TPSA) is 72.7 Å². The van der Waals surface area contributed by atoms with Gasteiger partial charge in [0.05, 0.1) is 16.6 Å². The number of pyridine rings is 2. The zero-order valence-electron chi connectivity index (χ0n) is 17.5. The Labute approximate surface area is 183 Å². The van der Waals surface area contributed by atoms with Crippen LogP contribution in [0.3, 0.4) is 0 Å². The van der Waals surface area contributed by atoms with Crippen LogP contribution in [0.25, 0.3) is 16.9 Å². The lowest BCUT2D eigenvalue weighted by Gasteiger charge is -2.10. The van der Waals surface area contributed by atoms with E-state index >= 15 is 0 Å². The number of nitrogens with zero attached hydrogens (tertiary/aromatic N) is 4. The number of aryl methyl sites for hydroxylation is 1. The Kier molecular flexibility index (Phi) is 5.13. The molecule has 0 atom stereocenters. The van der Waals surface area contributed by atoms with Crippen molar-refractivity contribution in [1.82, 2.24) is 25.1 Å². The highest BCUT2D eigenvalue weighted by Crippen LogP contribution is 2.40. The van der Waals surface area contributed by atoms with Crippen LogP contribution in [-0.4, -0.2) is 32.2 Å². The van der Waals surface area contributed by atoms with Crippen molar-refractivity contribution >= 4 is 16.9 Å². The molecule has 3 heterocycles. The molecule has 1 N–H and O–H groups in total. The van der Waals surface area contributed by atoms with Crippen LogP contribution in [0.2, 0.25) is 0 Å². The number of carbonyl (C=O) groups is 1. The van der Waals surface area contributed by atoms with Gasteiger partial charge in [0.25, 0.3) is 5.91 Å². The molecule has 4 aromatic rings. The number of aromatic nitrogens is 4. The first-order valence-corrected chi connectivity index (χ1v) is 10.5. The predicted molar refractivity (Wildman–Crippen MR) is 116 cm³/mol. The van der Waals surface area contributed by atoms with Gasteiger partial charge in [0.15, 0.2) is 11.5 Å². The van der Waals surface area contributed by atoms with Crippen molar-refractivity contribution in [2.75, 3.05) is 6.54 Å². The van der Waals surface area contributed by atoms with Gasteiger partial charge in [-0.1, -0.05) is 6.07 Å². The molecule has 1 amide bonds. The lowest BCUT2D eigenvalue weighted by atomic mass is 10.1. The molecular formula is C24H21F2N5O. The van der Waals surface area contributed by atoms with E-state index in [1.165, 1.54) is 12.1 Å². The molecule has 32 heavy (non-hydrogen) atoms. The Morgan fingerprint density at radius 1 is 1.16 bits per heavy atom. The van der Waals surface area contributed by atoms with E-state index in [1.807, 2.05) is 31.2 Å². The number of hydrogen-bond donors (Lipinski definition) is 1. The van der Waals surface area contributed by atoms with Gasteiger partial charge in [-0.15, -0.1) is 0 Å². The lowest BCUT2D eigenvalue weighted by Crippen LogP contribution is -2.26. The van der Waals surface area contributed by atoms with E-state index in [0.717, 1.165) is 24.6 Å². The largest absolute Gasteiger partial charge is 0.352 e. The van der Waals surface area contributed by atoms with Crippen LogP contribution in [0.15, 0.2) is 48.7 Å². The molecule has 1 aliphatic rings. The molecule has 0 radical (unpaired) electrons. The van der Waals surface area contributed by atoms with Crippen molar-refractivity contribution in [3.05, 3.63) is 82.8 Å². The fraction of sp³-hybridized carbons (Fsp3) is 0.250. The van der Waals surface area contributed by atoms with Gasteiger partial charge in [-0.25, -0.2) is 18.7 Å². The quantitative estimate of drug-likeness (QED) is 0.493. The van der Waals surface area contributed by atoms with Crippen molar-refractivity contribution < 1.29 is 13.6 Å². The zero-order chi connectivity index (χ0) is 22.2. The monoisotopic (exact) mass is 433 g/mol. The maximum atomic E-state index is 13.4. The summed E-state index contributed by atoms with van der Waals surface area (Å²) in [6.45, 7) is 2.09.